The summed E-state index contributed by atoms with van der Waals surface area (Å²) in [6.45, 7) is 0. The molecule has 1 rings (SSSR count). The Balaban J connectivity index is 2.73. The fourth-order valence-electron chi connectivity index (χ4n) is 0.978. The maximum Gasteiger partial charge on any atom is 0.334 e. The van der Waals surface area contributed by atoms with Crippen molar-refractivity contribution in [2.45, 2.75) is 12.8 Å². The molecule has 0 N–H and O–H groups in total. The van der Waals surface area contributed by atoms with E-state index in [1.165, 1.54) is 7.11 Å². The zero-order valence-corrected chi connectivity index (χ0v) is 7.43. The number of carbonyl (C=O) groups is 2. The van der Waals surface area contributed by atoms with Gasteiger partial charge in [0, 0.05) is 11.6 Å². The number of hydrogen-bond acceptors (Lipinski definition) is 3. The van der Waals surface area contributed by atoms with Gasteiger partial charge in [0.2, 0.25) is 5.24 Å². The van der Waals surface area contributed by atoms with Crippen LogP contribution in [0.5, 0.6) is 0 Å². The summed E-state index contributed by atoms with van der Waals surface area (Å²) in [5, 5.41) is -0.623. The van der Waals surface area contributed by atoms with Crippen LogP contribution in [0.3, 0.4) is 0 Å². The fourth-order valence-corrected chi connectivity index (χ4v) is 1.10. The third-order valence-electron chi connectivity index (χ3n) is 1.71. The van der Waals surface area contributed by atoms with Gasteiger partial charge in [-0.2, -0.15) is 0 Å². The number of halogens is 1. The van der Waals surface area contributed by atoms with Gasteiger partial charge in [0.25, 0.3) is 0 Å². The number of allylic oxidation sites excluding steroid dienone is 1. The van der Waals surface area contributed by atoms with Crippen LogP contribution in [-0.4, -0.2) is 18.3 Å². The molecular formula is C8H9ClO3. The van der Waals surface area contributed by atoms with E-state index in [0.29, 0.717) is 5.57 Å². The number of ether oxygens (including phenoxy) is 1. The number of esters is 1. The molecule has 12 heavy (non-hydrogen) atoms. The van der Waals surface area contributed by atoms with Gasteiger partial charge < -0.3 is 4.74 Å². The molecule has 0 aromatic carbocycles. The normalized spacial score (nSPS) is 17.3. The third-order valence-corrected chi connectivity index (χ3v) is 1.82. The van der Waals surface area contributed by atoms with Crippen molar-refractivity contribution in [1.29, 1.82) is 0 Å². The lowest BCUT2D eigenvalue weighted by molar-refractivity contribution is -0.136. The smallest absolute Gasteiger partial charge is 0.334 e. The summed E-state index contributed by atoms with van der Waals surface area (Å²) < 4.78 is 4.50. The second kappa shape index (κ2) is 3.72. The van der Waals surface area contributed by atoms with Crippen LogP contribution in [-0.2, 0) is 14.3 Å². The average molecular weight is 189 g/mol. The molecule has 0 amide bonds. The van der Waals surface area contributed by atoms with E-state index in [9.17, 15) is 9.59 Å². The van der Waals surface area contributed by atoms with Crippen LogP contribution >= 0.6 is 11.6 Å². The molecule has 0 spiro atoms. The van der Waals surface area contributed by atoms with Crippen molar-refractivity contribution >= 4 is 22.8 Å². The van der Waals surface area contributed by atoms with Gasteiger partial charge >= 0.3 is 5.97 Å². The first-order valence-corrected chi connectivity index (χ1v) is 4.02. The number of rotatable bonds is 3. The van der Waals surface area contributed by atoms with Crippen molar-refractivity contribution in [1.82, 2.24) is 0 Å². The van der Waals surface area contributed by atoms with Crippen molar-refractivity contribution < 1.29 is 14.3 Å². The van der Waals surface area contributed by atoms with Crippen LogP contribution in [0.25, 0.3) is 0 Å². The second-order valence-corrected chi connectivity index (χ2v) is 3.04. The topological polar surface area (TPSA) is 43.4 Å². The summed E-state index contributed by atoms with van der Waals surface area (Å²) in [4.78, 5) is 21.5. The largest absolute Gasteiger partial charge is 0.466 e. The molecule has 1 aliphatic rings. The number of hydrogen-bond donors (Lipinski definition) is 0. The molecule has 1 aliphatic carbocycles. The fraction of sp³-hybridized carbons (Fsp3) is 0.500. The molecule has 0 atom stereocenters. The van der Waals surface area contributed by atoms with Gasteiger partial charge in [0.15, 0.2) is 0 Å². The summed E-state index contributed by atoms with van der Waals surface area (Å²) in [6.07, 6.45) is 3.02. The molecular weight excluding hydrogens is 180 g/mol. The standard InChI is InChI=1S/C8H9ClO3/c1-12-8(11)6(4-7(9)10)5-2-3-5/h4-5H,2-3H2,1H3. The van der Waals surface area contributed by atoms with E-state index in [-0.39, 0.29) is 5.92 Å². The Bertz CT molecular complexity index is 241. The van der Waals surface area contributed by atoms with Gasteiger partial charge in [-0.3, -0.25) is 4.79 Å². The molecule has 0 aromatic heterocycles. The molecule has 0 bridgehead atoms. The Labute approximate surface area is 75.3 Å². The Morgan fingerprint density at radius 1 is 1.50 bits per heavy atom. The maximum atomic E-state index is 11.0. The first-order valence-electron chi connectivity index (χ1n) is 3.64. The lowest BCUT2D eigenvalue weighted by Crippen LogP contribution is -2.07. The van der Waals surface area contributed by atoms with E-state index in [2.05, 4.69) is 4.74 Å². The molecule has 0 heterocycles. The lowest BCUT2D eigenvalue weighted by Gasteiger charge is -2.00. The minimum absolute atomic E-state index is 0.181. The minimum Gasteiger partial charge on any atom is -0.466 e. The Hall–Kier alpha value is -0.830. The average Bonchev–Trinajstić information content (AvgIpc) is 2.81. The van der Waals surface area contributed by atoms with Crippen molar-refractivity contribution in [2.24, 2.45) is 5.92 Å². The molecule has 0 radical (unpaired) electrons. The molecule has 0 unspecified atom stereocenters. The Morgan fingerprint density at radius 3 is 2.42 bits per heavy atom. The van der Waals surface area contributed by atoms with Gasteiger partial charge in [-0.25, -0.2) is 4.79 Å². The summed E-state index contributed by atoms with van der Waals surface area (Å²) in [6, 6.07) is 0. The van der Waals surface area contributed by atoms with Crippen molar-refractivity contribution in [2.75, 3.05) is 7.11 Å². The highest BCUT2D eigenvalue weighted by atomic mass is 35.5. The van der Waals surface area contributed by atoms with Crippen molar-refractivity contribution in [3.8, 4) is 0 Å². The zero-order valence-electron chi connectivity index (χ0n) is 6.67. The summed E-state index contributed by atoms with van der Waals surface area (Å²) in [5.41, 5.74) is 0.400. The molecule has 0 aromatic rings. The lowest BCUT2D eigenvalue weighted by atomic mass is 10.1. The summed E-state index contributed by atoms with van der Waals surface area (Å²) in [5.74, 6) is -0.272. The molecule has 66 valence electrons. The molecule has 0 aliphatic heterocycles. The predicted molar refractivity (Wildman–Crippen MR) is 43.7 cm³/mol. The molecule has 1 fully saturated rings. The van der Waals surface area contributed by atoms with Crippen LogP contribution in [0.15, 0.2) is 11.6 Å². The van der Waals surface area contributed by atoms with Crippen LogP contribution in [0.2, 0.25) is 0 Å². The van der Waals surface area contributed by atoms with Gasteiger partial charge in [0.1, 0.15) is 0 Å². The second-order valence-electron chi connectivity index (χ2n) is 2.67. The van der Waals surface area contributed by atoms with E-state index in [1.807, 2.05) is 0 Å². The van der Waals surface area contributed by atoms with Gasteiger partial charge in [-0.05, 0) is 30.4 Å². The maximum absolute atomic E-state index is 11.0. The highest BCUT2D eigenvalue weighted by Crippen LogP contribution is 2.36. The van der Waals surface area contributed by atoms with E-state index >= 15 is 0 Å². The first-order chi connectivity index (χ1) is 5.65. The van der Waals surface area contributed by atoms with Gasteiger partial charge in [-0.15, -0.1) is 0 Å². The van der Waals surface area contributed by atoms with Crippen LogP contribution in [0.4, 0.5) is 0 Å². The van der Waals surface area contributed by atoms with Gasteiger partial charge in [0.05, 0.1) is 7.11 Å². The Kier molecular flexibility index (Phi) is 2.87. The predicted octanol–water partition coefficient (Wildman–Crippen LogP) is 1.26. The molecule has 4 heteroatoms. The van der Waals surface area contributed by atoms with E-state index in [0.717, 1.165) is 18.9 Å². The highest BCUT2D eigenvalue weighted by Gasteiger charge is 2.31. The zero-order chi connectivity index (χ0) is 9.14. The summed E-state index contributed by atoms with van der Waals surface area (Å²) >= 11 is 5.12. The third kappa shape index (κ3) is 2.34. The van der Waals surface area contributed by atoms with E-state index < -0.39 is 11.2 Å². The highest BCUT2D eigenvalue weighted by molar-refractivity contribution is 6.66. The molecule has 0 saturated heterocycles. The quantitative estimate of drug-likeness (QED) is 0.381. The van der Waals surface area contributed by atoms with Crippen molar-refractivity contribution in [3.05, 3.63) is 11.6 Å². The van der Waals surface area contributed by atoms with E-state index in [1.54, 1.807) is 0 Å². The van der Waals surface area contributed by atoms with Crippen LogP contribution < -0.4 is 0 Å². The monoisotopic (exact) mass is 188 g/mol. The SMILES string of the molecule is COC(=O)C(=CC(=O)Cl)C1CC1. The molecule has 3 nitrogen and oxygen atoms in total. The number of carbonyl (C=O) groups excluding carboxylic acids is 2. The Morgan fingerprint density at radius 2 is 2.08 bits per heavy atom. The van der Waals surface area contributed by atoms with Gasteiger partial charge in [-0.1, -0.05) is 0 Å². The minimum atomic E-state index is -0.623. The first kappa shape index (κ1) is 9.26. The van der Waals surface area contributed by atoms with E-state index in [4.69, 9.17) is 11.6 Å². The number of methoxy groups -OCH3 is 1. The summed E-state index contributed by atoms with van der Waals surface area (Å²) in [7, 11) is 1.29. The molecule has 1 saturated carbocycles. The van der Waals surface area contributed by atoms with Crippen LogP contribution in [0, 0.1) is 5.92 Å². The van der Waals surface area contributed by atoms with Crippen LogP contribution in [0.1, 0.15) is 12.8 Å². The van der Waals surface area contributed by atoms with Crippen molar-refractivity contribution in [3.63, 3.8) is 0 Å².